The number of nitro benzene ring substituents is 1. The first-order valence-corrected chi connectivity index (χ1v) is 11.2. The molecular formula is C20H25N3O7S. The van der Waals surface area contributed by atoms with Crippen LogP contribution in [0.15, 0.2) is 46.4 Å². The van der Waals surface area contributed by atoms with Crippen LogP contribution in [0, 0.1) is 10.1 Å². The van der Waals surface area contributed by atoms with E-state index in [9.17, 15) is 18.5 Å². The Labute approximate surface area is 181 Å². The standard InChI is InChI=1S/C20H25N3O7S/c1-4-11-30-20-18(23(24)25)12-15(13-19(20)29-6-3)14-21-22-31(26,27)17-9-7-16(8-10-17)28-5-2/h7-10,12-14,22H,4-6,11H2,1-3H3/b21-14+. The average Bonchev–Trinajstić information content (AvgIpc) is 2.73. The molecule has 0 aliphatic rings. The van der Waals surface area contributed by atoms with E-state index < -0.39 is 14.9 Å². The second kappa shape index (κ2) is 11.2. The summed E-state index contributed by atoms with van der Waals surface area (Å²) in [6.45, 7) is 6.46. The van der Waals surface area contributed by atoms with Gasteiger partial charge in [0.2, 0.25) is 5.75 Å². The molecule has 0 amide bonds. The molecule has 0 saturated heterocycles. The summed E-state index contributed by atoms with van der Waals surface area (Å²) < 4.78 is 41.0. The molecule has 0 spiro atoms. The number of nitrogens with zero attached hydrogens (tertiary/aromatic N) is 2. The van der Waals surface area contributed by atoms with Gasteiger partial charge in [-0.1, -0.05) is 6.92 Å². The minimum absolute atomic E-state index is 0.00241. The van der Waals surface area contributed by atoms with Crippen molar-refractivity contribution in [2.75, 3.05) is 19.8 Å². The molecule has 0 heterocycles. The highest BCUT2D eigenvalue weighted by molar-refractivity contribution is 7.89. The van der Waals surface area contributed by atoms with Crippen molar-refractivity contribution in [3.05, 3.63) is 52.1 Å². The van der Waals surface area contributed by atoms with Gasteiger partial charge >= 0.3 is 5.69 Å². The fraction of sp³-hybridized carbons (Fsp3) is 0.350. The van der Waals surface area contributed by atoms with E-state index in [0.717, 1.165) is 6.21 Å². The second-order valence-corrected chi connectivity index (χ2v) is 7.82. The van der Waals surface area contributed by atoms with Gasteiger partial charge in [0.05, 0.1) is 35.9 Å². The molecule has 0 fully saturated rings. The first-order valence-electron chi connectivity index (χ1n) is 9.68. The molecule has 0 aromatic heterocycles. The topological polar surface area (TPSA) is 129 Å². The first kappa shape index (κ1) is 23.9. The minimum Gasteiger partial charge on any atom is -0.494 e. The van der Waals surface area contributed by atoms with Gasteiger partial charge in [-0.15, -0.1) is 0 Å². The molecule has 10 nitrogen and oxygen atoms in total. The van der Waals surface area contributed by atoms with Crippen molar-refractivity contribution in [1.82, 2.24) is 4.83 Å². The predicted molar refractivity (Wildman–Crippen MR) is 116 cm³/mol. The molecule has 0 aliphatic heterocycles. The minimum atomic E-state index is -3.92. The third-order valence-electron chi connectivity index (χ3n) is 3.84. The molecule has 2 rings (SSSR count). The fourth-order valence-corrected chi connectivity index (χ4v) is 3.33. The number of nitrogens with one attached hydrogen (secondary N) is 1. The number of hydrogen-bond donors (Lipinski definition) is 1. The number of rotatable bonds is 12. The maximum absolute atomic E-state index is 12.4. The highest BCUT2D eigenvalue weighted by Gasteiger charge is 2.22. The highest BCUT2D eigenvalue weighted by Crippen LogP contribution is 2.38. The summed E-state index contributed by atoms with van der Waals surface area (Å²) in [5.41, 5.74) is -0.0244. The lowest BCUT2D eigenvalue weighted by Gasteiger charge is -2.12. The Balaban J connectivity index is 2.26. The van der Waals surface area contributed by atoms with E-state index in [1.165, 1.54) is 36.4 Å². The molecule has 0 atom stereocenters. The van der Waals surface area contributed by atoms with Crippen LogP contribution >= 0.6 is 0 Å². The molecule has 0 bridgehead atoms. The molecule has 0 radical (unpaired) electrons. The van der Waals surface area contributed by atoms with Crippen molar-refractivity contribution in [3.63, 3.8) is 0 Å². The number of benzene rings is 2. The Morgan fingerprint density at radius 2 is 1.74 bits per heavy atom. The highest BCUT2D eigenvalue weighted by atomic mass is 32.2. The molecular weight excluding hydrogens is 426 g/mol. The zero-order valence-corrected chi connectivity index (χ0v) is 18.3. The summed E-state index contributed by atoms with van der Waals surface area (Å²) in [5.74, 6) is 0.757. The van der Waals surface area contributed by atoms with E-state index >= 15 is 0 Å². The van der Waals surface area contributed by atoms with E-state index in [0.29, 0.717) is 18.8 Å². The lowest BCUT2D eigenvalue weighted by Crippen LogP contribution is -2.18. The van der Waals surface area contributed by atoms with Gasteiger partial charge in [-0.2, -0.15) is 13.5 Å². The maximum Gasteiger partial charge on any atom is 0.315 e. The SMILES string of the molecule is CCCOc1c(OCC)cc(/C=N/NS(=O)(=O)c2ccc(OCC)cc2)cc1[N+](=O)[O-]. The summed E-state index contributed by atoms with van der Waals surface area (Å²) in [6.07, 6.45) is 1.82. The molecule has 11 heteroatoms. The lowest BCUT2D eigenvalue weighted by molar-refractivity contribution is -0.386. The lowest BCUT2D eigenvalue weighted by atomic mass is 10.2. The summed E-state index contributed by atoms with van der Waals surface area (Å²) in [6, 6.07) is 8.59. The third-order valence-corrected chi connectivity index (χ3v) is 5.07. The van der Waals surface area contributed by atoms with Crippen molar-refractivity contribution in [1.29, 1.82) is 0 Å². The van der Waals surface area contributed by atoms with E-state index in [1.807, 2.05) is 13.8 Å². The van der Waals surface area contributed by atoms with Gasteiger partial charge in [0.25, 0.3) is 10.0 Å². The van der Waals surface area contributed by atoms with E-state index in [4.69, 9.17) is 14.2 Å². The summed E-state index contributed by atoms with van der Waals surface area (Å²) in [4.78, 5) is 13.0. The van der Waals surface area contributed by atoms with Crippen molar-refractivity contribution < 1.29 is 27.6 Å². The maximum atomic E-state index is 12.4. The normalized spacial score (nSPS) is 11.3. The summed E-state index contributed by atoms with van der Waals surface area (Å²) in [5, 5.41) is 15.2. The van der Waals surface area contributed by atoms with Crippen LogP contribution in [0.2, 0.25) is 0 Å². The van der Waals surface area contributed by atoms with Crippen LogP contribution in [0.25, 0.3) is 0 Å². The van der Waals surface area contributed by atoms with Crippen LogP contribution in [-0.2, 0) is 10.0 Å². The molecule has 2 aromatic rings. The largest absolute Gasteiger partial charge is 0.494 e. The molecule has 0 aliphatic carbocycles. The fourth-order valence-electron chi connectivity index (χ4n) is 2.53. The Morgan fingerprint density at radius 1 is 1.06 bits per heavy atom. The van der Waals surface area contributed by atoms with Crippen molar-refractivity contribution in [3.8, 4) is 17.2 Å². The molecule has 0 unspecified atom stereocenters. The van der Waals surface area contributed by atoms with Gasteiger partial charge < -0.3 is 14.2 Å². The molecule has 168 valence electrons. The Kier molecular flexibility index (Phi) is 8.62. The van der Waals surface area contributed by atoms with Gasteiger partial charge in [-0.05, 0) is 50.6 Å². The van der Waals surface area contributed by atoms with E-state index in [-0.39, 0.29) is 40.9 Å². The van der Waals surface area contributed by atoms with Crippen molar-refractivity contribution in [2.24, 2.45) is 5.10 Å². The smallest absolute Gasteiger partial charge is 0.315 e. The molecule has 31 heavy (non-hydrogen) atoms. The van der Waals surface area contributed by atoms with Crippen LogP contribution in [0.4, 0.5) is 5.69 Å². The molecule has 2 aromatic carbocycles. The number of hydrogen-bond acceptors (Lipinski definition) is 8. The monoisotopic (exact) mass is 451 g/mol. The van der Waals surface area contributed by atoms with Crippen LogP contribution in [0.5, 0.6) is 17.2 Å². The Morgan fingerprint density at radius 3 is 2.32 bits per heavy atom. The first-order chi connectivity index (χ1) is 14.8. The quantitative estimate of drug-likeness (QED) is 0.297. The van der Waals surface area contributed by atoms with Crippen LogP contribution in [0.3, 0.4) is 0 Å². The number of nitro groups is 1. The van der Waals surface area contributed by atoms with E-state index in [2.05, 4.69) is 9.93 Å². The van der Waals surface area contributed by atoms with E-state index in [1.54, 1.807) is 6.92 Å². The number of hydrazone groups is 1. The van der Waals surface area contributed by atoms with Gasteiger partial charge in [-0.25, -0.2) is 4.83 Å². The number of sulfonamides is 1. The van der Waals surface area contributed by atoms with Gasteiger partial charge in [-0.3, -0.25) is 10.1 Å². The predicted octanol–water partition coefficient (Wildman–Crippen LogP) is 3.49. The van der Waals surface area contributed by atoms with Gasteiger partial charge in [0, 0.05) is 11.6 Å². The van der Waals surface area contributed by atoms with Crippen LogP contribution in [-0.4, -0.2) is 39.4 Å². The zero-order valence-electron chi connectivity index (χ0n) is 17.5. The van der Waals surface area contributed by atoms with Crippen molar-refractivity contribution in [2.45, 2.75) is 32.1 Å². The van der Waals surface area contributed by atoms with Gasteiger partial charge in [0.1, 0.15) is 5.75 Å². The summed E-state index contributed by atoms with van der Waals surface area (Å²) in [7, 11) is -3.92. The van der Waals surface area contributed by atoms with Crippen molar-refractivity contribution >= 4 is 21.9 Å². The number of ether oxygens (including phenoxy) is 3. The third kappa shape index (κ3) is 6.57. The molecule has 0 saturated carbocycles. The van der Waals surface area contributed by atoms with Crippen LogP contribution in [0.1, 0.15) is 32.8 Å². The second-order valence-electron chi connectivity index (χ2n) is 6.16. The van der Waals surface area contributed by atoms with Crippen LogP contribution < -0.4 is 19.0 Å². The Bertz CT molecular complexity index is 1020. The summed E-state index contributed by atoms with van der Waals surface area (Å²) >= 11 is 0. The Hall–Kier alpha value is -3.34. The molecule has 1 N–H and O–H groups in total. The zero-order chi connectivity index (χ0) is 22.9. The van der Waals surface area contributed by atoms with Gasteiger partial charge in [0.15, 0.2) is 5.75 Å². The average molecular weight is 452 g/mol.